The van der Waals surface area contributed by atoms with Crippen LogP contribution < -0.4 is 5.32 Å². The Labute approximate surface area is 116 Å². The Morgan fingerprint density at radius 1 is 1.56 bits per heavy atom. The zero-order valence-corrected chi connectivity index (χ0v) is 12.5. The fraction of sp³-hybridized carbons (Fsp3) is 0.643. The molecule has 1 aromatic rings. The van der Waals surface area contributed by atoms with Crippen LogP contribution in [0, 0.1) is 12.8 Å². The molecular formula is C14H20BrNO2. The van der Waals surface area contributed by atoms with Crippen LogP contribution >= 0.6 is 15.9 Å². The van der Waals surface area contributed by atoms with Gasteiger partial charge < -0.3 is 9.73 Å². The molecule has 1 heterocycles. The van der Waals surface area contributed by atoms with Gasteiger partial charge in [-0.2, -0.15) is 0 Å². The van der Waals surface area contributed by atoms with Crippen LogP contribution in [0.25, 0.3) is 0 Å². The molecule has 0 aromatic carbocycles. The molecule has 0 spiro atoms. The van der Waals surface area contributed by atoms with Crippen molar-refractivity contribution < 1.29 is 9.21 Å². The van der Waals surface area contributed by atoms with Gasteiger partial charge in [-0.1, -0.05) is 22.9 Å². The third-order valence-corrected chi connectivity index (χ3v) is 5.01. The van der Waals surface area contributed by atoms with Crippen molar-refractivity contribution in [2.75, 3.05) is 5.33 Å². The number of hydrogen-bond acceptors (Lipinski definition) is 2. The number of amides is 1. The number of hydrogen-bond donors (Lipinski definition) is 1. The molecule has 0 atom stereocenters. The van der Waals surface area contributed by atoms with Gasteiger partial charge in [0.25, 0.3) is 5.91 Å². The van der Waals surface area contributed by atoms with Crippen molar-refractivity contribution in [1.82, 2.24) is 5.32 Å². The molecule has 0 radical (unpaired) electrons. The fourth-order valence-electron chi connectivity index (χ4n) is 2.51. The normalized spacial score (nSPS) is 28.1. The third-order valence-electron chi connectivity index (χ3n) is 3.93. The first-order valence-corrected chi connectivity index (χ1v) is 7.61. The Balaban J connectivity index is 2.07. The number of carbonyl (C=O) groups is 1. The third kappa shape index (κ3) is 2.79. The first-order chi connectivity index (χ1) is 8.56. The zero-order valence-electron chi connectivity index (χ0n) is 11.0. The second kappa shape index (κ2) is 5.47. The first kappa shape index (κ1) is 13.7. The van der Waals surface area contributed by atoms with Crippen molar-refractivity contribution in [3.63, 3.8) is 0 Å². The molecular weight excluding hydrogens is 294 g/mol. The van der Waals surface area contributed by atoms with Crippen molar-refractivity contribution in [2.24, 2.45) is 5.92 Å². The van der Waals surface area contributed by atoms with Gasteiger partial charge in [-0.3, -0.25) is 4.79 Å². The van der Waals surface area contributed by atoms with E-state index >= 15 is 0 Å². The lowest BCUT2D eigenvalue weighted by molar-refractivity contribution is 0.0845. The number of halogens is 1. The summed E-state index contributed by atoms with van der Waals surface area (Å²) in [7, 11) is 0. The smallest absolute Gasteiger partial charge is 0.287 e. The number of furan rings is 1. The Bertz CT molecular complexity index is 419. The molecule has 0 unspecified atom stereocenters. The lowest BCUT2D eigenvalue weighted by Gasteiger charge is -2.38. The van der Waals surface area contributed by atoms with Crippen LogP contribution in [-0.2, 0) is 0 Å². The highest BCUT2D eigenvalue weighted by Crippen LogP contribution is 2.33. The van der Waals surface area contributed by atoms with E-state index in [9.17, 15) is 4.79 Å². The van der Waals surface area contributed by atoms with Gasteiger partial charge in [0.15, 0.2) is 5.76 Å². The van der Waals surface area contributed by atoms with Crippen LogP contribution in [0.5, 0.6) is 0 Å². The molecule has 100 valence electrons. The monoisotopic (exact) mass is 313 g/mol. The van der Waals surface area contributed by atoms with E-state index in [0.29, 0.717) is 5.76 Å². The van der Waals surface area contributed by atoms with Crippen LogP contribution in [-0.4, -0.2) is 16.8 Å². The molecule has 3 nitrogen and oxygen atoms in total. The summed E-state index contributed by atoms with van der Waals surface area (Å²) in [5.41, 5.74) is 0.782. The van der Waals surface area contributed by atoms with Crippen LogP contribution in [0.4, 0.5) is 0 Å². The SMILES string of the molecule is Cc1ccoc1C(=O)NC1(CBr)CCC(C)CC1. The average Bonchev–Trinajstić information content (AvgIpc) is 2.79. The summed E-state index contributed by atoms with van der Waals surface area (Å²) >= 11 is 3.55. The Hall–Kier alpha value is -0.770. The maximum absolute atomic E-state index is 12.2. The fourth-order valence-corrected chi connectivity index (χ4v) is 3.21. The minimum atomic E-state index is -0.108. The molecule has 1 aliphatic rings. The first-order valence-electron chi connectivity index (χ1n) is 6.49. The van der Waals surface area contributed by atoms with Crippen molar-refractivity contribution in [2.45, 2.75) is 45.1 Å². The van der Waals surface area contributed by atoms with Crippen LogP contribution in [0.15, 0.2) is 16.7 Å². The molecule has 0 saturated heterocycles. The van der Waals surface area contributed by atoms with Crippen LogP contribution in [0.2, 0.25) is 0 Å². The number of alkyl halides is 1. The maximum Gasteiger partial charge on any atom is 0.287 e. The summed E-state index contributed by atoms with van der Waals surface area (Å²) in [6.45, 7) is 4.17. The highest BCUT2D eigenvalue weighted by Gasteiger charge is 2.35. The topological polar surface area (TPSA) is 42.2 Å². The lowest BCUT2D eigenvalue weighted by atomic mass is 9.78. The maximum atomic E-state index is 12.2. The van der Waals surface area contributed by atoms with E-state index in [1.54, 1.807) is 6.26 Å². The van der Waals surface area contributed by atoms with E-state index in [2.05, 4.69) is 28.2 Å². The molecule has 1 fully saturated rings. The largest absolute Gasteiger partial charge is 0.459 e. The van der Waals surface area contributed by atoms with E-state index in [4.69, 9.17) is 4.42 Å². The van der Waals surface area contributed by atoms with Gasteiger partial charge in [0.2, 0.25) is 0 Å². The van der Waals surface area contributed by atoms with Crippen molar-refractivity contribution in [3.8, 4) is 0 Å². The van der Waals surface area contributed by atoms with E-state index in [0.717, 1.165) is 29.7 Å². The minimum Gasteiger partial charge on any atom is -0.459 e. The Kier molecular flexibility index (Phi) is 4.15. The molecule has 4 heteroatoms. The zero-order chi connectivity index (χ0) is 13.2. The number of carbonyl (C=O) groups excluding carboxylic acids is 1. The van der Waals surface area contributed by atoms with Crippen molar-refractivity contribution >= 4 is 21.8 Å². The molecule has 1 saturated carbocycles. The summed E-state index contributed by atoms with van der Waals surface area (Å²) in [4.78, 5) is 12.2. The quantitative estimate of drug-likeness (QED) is 0.865. The summed E-state index contributed by atoms with van der Waals surface area (Å²) in [6.07, 6.45) is 5.97. The van der Waals surface area contributed by atoms with Gasteiger partial charge >= 0.3 is 0 Å². The molecule has 1 aliphatic carbocycles. The number of aryl methyl sites for hydroxylation is 1. The number of nitrogens with one attached hydrogen (secondary N) is 1. The standard InChI is InChI=1S/C14H20BrNO2/c1-10-3-6-14(9-15,7-4-10)16-13(17)12-11(2)5-8-18-12/h5,8,10H,3-4,6-7,9H2,1-2H3,(H,16,17). The highest BCUT2D eigenvalue weighted by atomic mass is 79.9. The summed E-state index contributed by atoms with van der Waals surface area (Å²) in [5.74, 6) is 1.11. The van der Waals surface area contributed by atoms with Gasteiger partial charge in [-0.25, -0.2) is 0 Å². The van der Waals surface area contributed by atoms with Gasteiger partial charge in [-0.15, -0.1) is 0 Å². The predicted octanol–water partition coefficient (Wildman–Crippen LogP) is 3.66. The van der Waals surface area contributed by atoms with E-state index in [1.807, 2.05) is 13.0 Å². The van der Waals surface area contributed by atoms with E-state index < -0.39 is 0 Å². The molecule has 2 rings (SSSR count). The lowest BCUT2D eigenvalue weighted by Crippen LogP contribution is -2.52. The molecule has 1 N–H and O–H groups in total. The van der Waals surface area contributed by atoms with Crippen molar-refractivity contribution in [3.05, 3.63) is 23.7 Å². The molecule has 1 aromatic heterocycles. The summed E-state index contributed by atoms with van der Waals surface area (Å²) in [6, 6.07) is 1.82. The molecule has 1 amide bonds. The minimum absolute atomic E-state index is 0.0912. The van der Waals surface area contributed by atoms with Gasteiger partial charge in [0.1, 0.15) is 0 Å². The molecule has 0 aliphatic heterocycles. The Morgan fingerprint density at radius 3 is 2.72 bits per heavy atom. The Morgan fingerprint density at radius 2 is 2.22 bits per heavy atom. The molecule has 18 heavy (non-hydrogen) atoms. The van der Waals surface area contributed by atoms with Gasteiger partial charge in [0.05, 0.1) is 11.8 Å². The summed E-state index contributed by atoms with van der Waals surface area (Å²) in [5, 5.41) is 3.97. The van der Waals surface area contributed by atoms with Crippen LogP contribution in [0.3, 0.4) is 0 Å². The molecule has 0 bridgehead atoms. The second-order valence-corrected chi connectivity index (χ2v) is 6.04. The second-order valence-electron chi connectivity index (χ2n) is 5.48. The predicted molar refractivity (Wildman–Crippen MR) is 75.1 cm³/mol. The van der Waals surface area contributed by atoms with E-state index in [1.165, 1.54) is 12.8 Å². The number of rotatable bonds is 3. The average molecular weight is 314 g/mol. The van der Waals surface area contributed by atoms with Gasteiger partial charge in [0, 0.05) is 10.9 Å². The van der Waals surface area contributed by atoms with Gasteiger partial charge in [-0.05, 0) is 44.6 Å². The van der Waals surface area contributed by atoms with E-state index in [-0.39, 0.29) is 11.4 Å². The highest BCUT2D eigenvalue weighted by molar-refractivity contribution is 9.09. The summed E-state index contributed by atoms with van der Waals surface area (Å²) < 4.78 is 5.25. The van der Waals surface area contributed by atoms with Crippen molar-refractivity contribution in [1.29, 1.82) is 0 Å². The van der Waals surface area contributed by atoms with Crippen LogP contribution in [0.1, 0.15) is 48.7 Å².